The molecule has 1 heterocycles. The number of aromatic nitrogens is 1. The number of hydrogen-bond acceptors (Lipinski definition) is 6. The fraction of sp³-hybridized carbons (Fsp3) is 0.200. The number of carbonyl (C=O) groups is 1. The first-order valence-corrected chi connectivity index (χ1v) is 10.1. The molecule has 0 saturated carbocycles. The number of rotatable bonds is 8. The summed E-state index contributed by atoms with van der Waals surface area (Å²) in [7, 11) is 4.66. The van der Waals surface area contributed by atoms with Crippen LogP contribution < -0.4 is 19.5 Å². The Hall–Kier alpha value is -4.00. The van der Waals surface area contributed by atoms with Gasteiger partial charge in [-0.05, 0) is 41.5 Å². The largest absolute Gasteiger partial charge is 0.493 e. The minimum absolute atomic E-state index is 0.221. The van der Waals surface area contributed by atoms with E-state index in [-0.39, 0.29) is 5.91 Å². The molecule has 32 heavy (non-hydrogen) atoms. The fourth-order valence-electron chi connectivity index (χ4n) is 3.48. The maximum atomic E-state index is 12.7. The third-order valence-corrected chi connectivity index (χ3v) is 5.07. The Labute approximate surface area is 185 Å². The standard InChI is InChI=1S/C25H24N2O5/c1-29-21-11-17(12-22(30-2)24(21)31-3)15-26-25(28)18-9-10-19-20(14-18)32-23(27-19)13-16-7-5-4-6-8-16/h4-12,14H,13,15H2,1-3H3,(H,26,28). The van der Waals surface area contributed by atoms with Crippen molar-refractivity contribution in [1.29, 1.82) is 0 Å². The molecule has 0 saturated heterocycles. The van der Waals surface area contributed by atoms with Gasteiger partial charge in [0.15, 0.2) is 23.0 Å². The summed E-state index contributed by atoms with van der Waals surface area (Å²) in [6.45, 7) is 0.295. The van der Waals surface area contributed by atoms with Crippen molar-refractivity contribution in [1.82, 2.24) is 10.3 Å². The first kappa shape index (κ1) is 21.2. The summed E-state index contributed by atoms with van der Waals surface area (Å²) < 4.78 is 21.9. The van der Waals surface area contributed by atoms with Crippen LogP contribution in [0.1, 0.15) is 27.4 Å². The van der Waals surface area contributed by atoms with Crippen molar-refractivity contribution in [3.05, 3.63) is 83.2 Å². The van der Waals surface area contributed by atoms with Gasteiger partial charge in [0, 0.05) is 18.5 Å². The number of nitrogens with zero attached hydrogens (tertiary/aromatic N) is 1. The van der Waals surface area contributed by atoms with E-state index in [0.29, 0.717) is 47.3 Å². The molecule has 0 radical (unpaired) electrons. The van der Waals surface area contributed by atoms with Crippen LogP contribution in [0.3, 0.4) is 0 Å². The summed E-state index contributed by atoms with van der Waals surface area (Å²) in [4.78, 5) is 17.2. The molecule has 164 valence electrons. The van der Waals surface area contributed by atoms with E-state index in [1.165, 1.54) is 0 Å². The van der Waals surface area contributed by atoms with Gasteiger partial charge in [-0.3, -0.25) is 4.79 Å². The summed E-state index contributed by atoms with van der Waals surface area (Å²) in [5.41, 5.74) is 3.72. The first-order valence-electron chi connectivity index (χ1n) is 10.1. The average Bonchev–Trinajstić information content (AvgIpc) is 3.23. The SMILES string of the molecule is COc1cc(CNC(=O)c2ccc3nc(Cc4ccccc4)oc3c2)cc(OC)c1OC. The Morgan fingerprint density at radius 3 is 2.28 bits per heavy atom. The number of fused-ring (bicyclic) bond motifs is 1. The van der Waals surface area contributed by atoms with Gasteiger partial charge in [0.2, 0.25) is 5.75 Å². The molecule has 0 aliphatic carbocycles. The molecule has 0 unspecified atom stereocenters. The van der Waals surface area contributed by atoms with Crippen LogP contribution in [-0.2, 0) is 13.0 Å². The van der Waals surface area contributed by atoms with Crippen molar-refractivity contribution in [2.24, 2.45) is 0 Å². The maximum Gasteiger partial charge on any atom is 0.251 e. The second kappa shape index (κ2) is 9.43. The van der Waals surface area contributed by atoms with Crippen molar-refractivity contribution >= 4 is 17.0 Å². The van der Waals surface area contributed by atoms with E-state index in [1.807, 2.05) is 30.3 Å². The number of benzene rings is 3. The maximum absolute atomic E-state index is 12.7. The van der Waals surface area contributed by atoms with E-state index < -0.39 is 0 Å². The molecule has 1 N–H and O–H groups in total. The number of amides is 1. The molecule has 0 spiro atoms. The van der Waals surface area contributed by atoms with E-state index in [4.69, 9.17) is 18.6 Å². The Bertz CT molecular complexity index is 1210. The summed E-state index contributed by atoms with van der Waals surface area (Å²) in [6.07, 6.45) is 0.595. The van der Waals surface area contributed by atoms with Crippen molar-refractivity contribution in [2.75, 3.05) is 21.3 Å². The molecule has 0 aliphatic rings. The Kier molecular flexibility index (Phi) is 6.26. The molecule has 0 atom stereocenters. The van der Waals surface area contributed by atoms with Crippen LogP contribution in [0.25, 0.3) is 11.1 Å². The van der Waals surface area contributed by atoms with Gasteiger partial charge in [0.25, 0.3) is 5.91 Å². The molecule has 0 aliphatic heterocycles. The zero-order valence-corrected chi connectivity index (χ0v) is 18.2. The zero-order valence-electron chi connectivity index (χ0n) is 18.2. The van der Waals surface area contributed by atoms with E-state index in [1.54, 1.807) is 51.7 Å². The van der Waals surface area contributed by atoms with Crippen LogP contribution in [0, 0.1) is 0 Å². The lowest BCUT2D eigenvalue weighted by Crippen LogP contribution is -2.22. The third-order valence-electron chi connectivity index (χ3n) is 5.07. The molecular weight excluding hydrogens is 408 g/mol. The monoisotopic (exact) mass is 432 g/mol. The highest BCUT2D eigenvalue weighted by Gasteiger charge is 2.15. The number of oxazole rings is 1. The molecule has 4 aromatic rings. The Morgan fingerprint density at radius 2 is 1.62 bits per heavy atom. The molecular formula is C25H24N2O5. The molecule has 7 heteroatoms. The van der Waals surface area contributed by atoms with E-state index in [2.05, 4.69) is 10.3 Å². The quantitative estimate of drug-likeness (QED) is 0.445. The minimum atomic E-state index is -0.221. The lowest BCUT2D eigenvalue weighted by molar-refractivity contribution is 0.0951. The molecule has 7 nitrogen and oxygen atoms in total. The normalized spacial score (nSPS) is 10.7. The van der Waals surface area contributed by atoms with Gasteiger partial charge in [0.05, 0.1) is 21.3 Å². The number of methoxy groups -OCH3 is 3. The molecule has 4 rings (SSSR count). The van der Waals surface area contributed by atoms with Crippen molar-refractivity contribution < 1.29 is 23.4 Å². The zero-order chi connectivity index (χ0) is 22.5. The minimum Gasteiger partial charge on any atom is -0.493 e. The van der Waals surface area contributed by atoms with Crippen molar-refractivity contribution in [2.45, 2.75) is 13.0 Å². The second-order valence-electron chi connectivity index (χ2n) is 7.17. The van der Waals surface area contributed by atoms with E-state index in [9.17, 15) is 4.79 Å². The van der Waals surface area contributed by atoms with Crippen LogP contribution in [0.4, 0.5) is 0 Å². The smallest absolute Gasteiger partial charge is 0.251 e. The molecule has 1 amide bonds. The van der Waals surface area contributed by atoms with Crippen LogP contribution in [-0.4, -0.2) is 32.2 Å². The van der Waals surface area contributed by atoms with Crippen LogP contribution >= 0.6 is 0 Å². The van der Waals surface area contributed by atoms with Gasteiger partial charge in [-0.1, -0.05) is 30.3 Å². The van der Waals surface area contributed by atoms with E-state index >= 15 is 0 Å². The second-order valence-corrected chi connectivity index (χ2v) is 7.17. The highest BCUT2D eigenvalue weighted by molar-refractivity contribution is 5.97. The predicted molar refractivity (Wildman–Crippen MR) is 121 cm³/mol. The molecule has 1 aromatic heterocycles. The lowest BCUT2D eigenvalue weighted by atomic mass is 10.1. The topological polar surface area (TPSA) is 82.8 Å². The van der Waals surface area contributed by atoms with Crippen LogP contribution in [0.2, 0.25) is 0 Å². The van der Waals surface area contributed by atoms with Crippen LogP contribution in [0.5, 0.6) is 17.2 Å². The third kappa shape index (κ3) is 4.51. The van der Waals surface area contributed by atoms with Gasteiger partial charge >= 0.3 is 0 Å². The van der Waals surface area contributed by atoms with Crippen LogP contribution in [0.15, 0.2) is 65.1 Å². The number of hydrogen-bond donors (Lipinski definition) is 1. The van der Waals surface area contributed by atoms with Gasteiger partial charge in [-0.2, -0.15) is 0 Å². The molecule has 0 fully saturated rings. The first-order chi connectivity index (χ1) is 15.6. The summed E-state index contributed by atoms with van der Waals surface area (Å²) >= 11 is 0. The summed E-state index contributed by atoms with van der Waals surface area (Å²) in [6, 6.07) is 18.8. The lowest BCUT2D eigenvalue weighted by Gasteiger charge is -2.14. The Balaban J connectivity index is 1.48. The summed E-state index contributed by atoms with van der Waals surface area (Å²) in [5.74, 6) is 1.96. The van der Waals surface area contributed by atoms with Gasteiger partial charge < -0.3 is 23.9 Å². The number of nitrogens with one attached hydrogen (secondary N) is 1. The summed E-state index contributed by atoms with van der Waals surface area (Å²) in [5, 5.41) is 2.91. The van der Waals surface area contributed by atoms with Crippen molar-refractivity contribution in [3.8, 4) is 17.2 Å². The van der Waals surface area contributed by atoms with Gasteiger partial charge in [-0.25, -0.2) is 4.98 Å². The highest BCUT2D eigenvalue weighted by Crippen LogP contribution is 2.38. The van der Waals surface area contributed by atoms with E-state index in [0.717, 1.165) is 16.6 Å². The average molecular weight is 432 g/mol. The van der Waals surface area contributed by atoms with Crippen molar-refractivity contribution in [3.63, 3.8) is 0 Å². The number of ether oxygens (including phenoxy) is 3. The highest BCUT2D eigenvalue weighted by atomic mass is 16.5. The predicted octanol–water partition coefficient (Wildman–Crippen LogP) is 4.37. The fourth-order valence-corrected chi connectivity index (χ4v) is 3.48. The van der Waals surface area contributed by atoms with Gasteiger partial charge in [-0.15, -0.1) is 0 Å². The Morgan fingerprint density at radius 1 is 0.906 bits per heavy atom. The molecule has 0 bridgehead atoms. The number of carbonyl (C=O) groups excluding carboxylic acids is 1. The van der Waals surface area contributed by atoms with Gasteiger partial charge in [0.1, 0.15) is 5.52 Å². The molecule has 3 aromatic carbocycles.